The largest absolute Gasteiger partial charge is 0.491 e. The summed E-state index contributed by atoms with van der Waals surface area (Å²) in [7, 11) is 1.78. The second-order valence-corrected chi connectivity index (χ2v) is 8.96. The van der Waals surface area contributed by atoms with Crippen LogP contribution in [-0.2, 0) is 0 Å². The molecule has 1 atom stereocenters. The van der Waals surface area contributed by atoms with Gasteiger partial charge in [0, 0.05) is 24.2 Å². The van der Waals surface area contributed by atoms with Crippen LogP contribution in [0.5, 0.6) is 5.75 Å². The van der Waals surface area contributed by atoms with Crippen LogP contribution in [0.1, 0.15) is 31.2 Å². The lowest BCUT2D eigenvalue weighted by Crippen LogP contribution is -2.48. The average Bonchev–Trinajstić information content (AvgIpc) is 3.09. The van der Waals surface area contributed by atoms with Crippen molar-refractivity contribution in [2.75, 3.05) is 25.5 Å². The van der Waals surface area contributed by atoms with Crippen molar-refractivity contribution < 1.29 is 19.5 Å². The van der Waals surface area contributed by atoms with Crippen LogP contribution in [0.3, 0.4) is 0 Å². The Kier molecular flexibility index (Phi) is 6.64. The number of benzene rings is 1. The van der Waals surface area contributed by atoms with Crippen LogP contribution in [0.2, 0.25) is 0 Å². The number of aliphatic hydroxyl groups is 2. The average molecular weight is 454 g/mol. The highest BCUT2D eigenvalue weighted by atomic mass is 16.5. The molecule has 2 heterocycles. The van der Waals surface area contributed by atoms with Crippen LogP contribution in [0.25, 0.3) is 22.6 Å². The Labute approximate surface area is 193 Å². The first-order valence-corrected chi connectivity index (χ1v) is 11.1. The van der Waals surface area contributed by atoms with Crippen LogP contribution < -0.4 is 15.4 Å². The quantitative estimate of drug-likeness (QED) is 0.387. The second-order valence-electron chi connectivity index (χ2n) is 8.96. The number of nitrogens with zero attached hydrogens (tertiary/aromatic N) is 3. The number of rotatable bonds is 9. The Morgan fingerprint density at radius 3 is 2.70 bits per heavy atom. The fraction of sp³-hybridized carbons (Fsp3) is 0.458. The number of ether oxygens (including phenoxy) is 1. The van der Waals surface area contributed by atoms with Gasteiger partial charge in [-0.2, -0.15) is 0 Å². The Bertz CT molecular complexity index is 1090. The predicted molar refractivity (Wildman–Crippen MR) is 125 cm³/mol. The van der Waals surface area contributed by atoms with E-state index in [9.17, 15) is 10.2 Å². The van der Waals surface area contributed by atoms with Crippen LogP contribution in [-0.4, -0.2) is 63.3 Å². The fourth-order valence-electron chi connectivity index (χ4n) is 4.15. The zero-order valence-corrected chi connectivity index (χ0v) is 19.4. The van der Waals surface area contributed by atoms with Crippen molar-refractivity contribution in [2.24, 2.45) is 0 Å². The molecule has 176 valence electrons. The van der Waals surface area contributed by atoms with Gasteiger partial charge in [-0.15, -0.1) is 0 Å². The smallest absolute Gasteiger partial charge is 0.162 e. The summed E-state index contributed by atoms with van der Waals surface area (Å²) in [6, 6.07) is 9.51. The standard InChI is InChI=1S/C24H31N5O4/c1-14-22(15(2)33-29-14)20-9-21(26-17-10-24(3,31)11-17)28-23(27-20)16-6-5-7-19(8-16)32-13-18(30)12-25-4/h5-9,17-18,25,30-31H,10-13H2,1-4H3,(H,26,27,28). The summed E-state index contributed by atoms with van der Waals surface area (Å²) in [5, 5.41) is 30.4. The van der Waals surface area contributed by atoms with E-state index >= 15 is 0 Å². The van der Waals surface area contributed by atoms with Gasteiger partial charge in [-0.1, -0.05) is 17.3 Å². The van der Waals surface area contributed by atoms with Gasteiger partial charge in [0.05, 0.1) is 22.6 Å². The molecular formula is C24H31N5O4. The van der Waals surface area contributed by atoms with Crippen molar-refractivity contribution in [1.82, 2.24) is 20.4 Å². The summed E-state index contributed by atoms with van der Waals surface area (Å²) in [6.45, 7) is 6.21. The molecule has 4 N–H and O–H groups in total. The Hall–Kier alpha value is -3.01. The summed E-state index contributed by atoms with van der Waals surface area (Å²) < 4.78 is 11.1. The topological polar surface area (TPSA) is 126 Å². The summed E-state index contributed by atoms with van der Waals surface area (Å²) in [6.07, 6.45) is 0.713. The zero-order chi connectivity index (χ0) is 23.6. The minimum atomic E-state index is -0.637. The number of nitrogens with one attached hydrogen (secondary N) is 2. The monoisotopic (exact) mass is 453 g/mol. The molecule has 4 rings (SSSR count). The minimum Gasteiger partial charge on any atom is -0.491 e. The summed E-state index contributed by atoms with van der Waals surface area (Å²) >= 11 is 0. The van der Waals surface area contributed by atoms with Gasteiger partial charge in [-0.05, 0) is 52.8 Å². The van der Waals surface area contributed by atoms with Gasteiger partial charge >= 0.3 is 0 Å². The molecule has 0 spiro atoms. The van der Waals surface area contributed by atoms with Crippen LogP contribution in [0.4, 0.5) is 5.82 Å². The summed E-state index contributed by atoms with van der Waals surface area (Å²) in [4.78, 5) is 9.54. The molecular weight excluding hydrogens is 422 g/mol. The predicted octanol–water partition coefficient (Wildman–Crippen LogP) is 2.70. The number of likely N-dealkylation sites (N-methyl/N-ethyl adjacent to an activating group) is 1. The lowest BCUT2D eigenvalue weighted by atomic mass is 9.77. The molecule has 0 radical (unpaired) electrons. The Morgan fingerprint density at radius 1 is 1.24 bits per heavy atom. The van der Waals surface area contributed by atoms with Crippen molar-refractivity contribution in [3.05, 3.63) is 41.8 Å². The molecule has 9 nitrogen and oxygen atoms in total. The molecule has 0 saturated heterocycles. The van der Waals surface area contributed by atoms with Gasteiger partial charge < -0.3 is 30.1 Å². The van der Waals surface area contributed by atoms with E-state index in [1.54, 1.807) is 7.05 Å². The molecule has 2 aromatic heterocycles. The van der Waals surface area contributed by atoms with Gasteiger partial charge in [0.1, 0.15) is 30.0 Å². The van der Waals surface area contributed by atoms with Crippen molar-refractivity contribution in [1.29, 1.82) is 0 Å². The Balaban J connectivity index is 1.65. The lowest BCUT2D eigenvalue weighted by molar-refractivity contribution is -0.0235. The third kappa shape index (κ3) is 5.50. The van der Waals surface area contributed by atoms with E-state index in [0.29, 0.717) is 48.2 Å². The maximum absolute atomic E-state index is 10.1. The number of aryl methyl sites for hydroxylation is 2. The first kappa shape index (κ1) is 23.2. The van der Waals surface area contributed by atoms with Gasteiger partial charge in [0.25, 0.3) is 0 Å². The summed E-state index contributed by atoms with van der Waals surface area (Å²) in [5.41, 5.74) is 2.45. The minimum absolute atomic E-state index is 0.142. The number of anilines is 1. The SMILES string of the molecule is CNCC(O)COc1cccc(-c2nc(NC3CC(C)(O)C3)cc(-c3c(C)noc3C)n2)c1. The van der Waals surface area contributed by atoms with Gasteiger partial charge in [0.15, 0.2) is 5.82 Å². The van der Waals surface area contributed by atoms with Gasteiger partial charge in [-0.3, -0.25) is 0 Å². The zero-order valence-electron chi connectivity index (χ0n) is 19.4. The van der Waals surface area contributed by atoms with Gasteiger partial charge in [-0.25, -0.2) is 9.97 Å². The van der Waals surface area contributed by atoms with Crippen molar-refractivity contribution >= 4 is 5.82 Å². The second kappa shape index (κ2) is 9.46. The van der Waals surface area contributed by atoms with Crippen molar-refractivity contribution in [3.63, 3.8) is 0 Å². The molecule has 3 aromatic rings. The van der Waals surface area contributed by atoms with E-state index in [1.807, 2.05) is 51.1 Å². The molecule has 1 aliphatic rings. The van der Waals surface area contributed by atoms with E-state index < -0.39 is 11.7 Å². The fourth-order valence-corrected chi connectivity index (χ4v) is 4.15. The molecule has 9 heteroatoms. The molecule has 0 aliphatic heterocycles. The molecule has 1 unspecified atom stereocenters. The number of aliphatic hydroxyl groups excluding tert-OH is 1. The summed E-state index contributed by atoms with van der Waals surface area (Å²) in [5.74, 6) is 2.51. The van der Waals surface area contributed by atoms with Crippen molar-refractivity contribution in [3.8, 4) is 28.4 Å². The molecule has 1 fully saturated rings. The first-order valence-electron chi connectivity index (χ1n) is 11.1. The molecule has 1 aromatic carbocycles. The van der Waals surface area contributed by atoms with Crippen LogP contribution in [0.15, 0.2) is 34.9 Å². The van der Waals surface area contributed by atoms with E-state index in [1.165, 1.54) is 0 Å². The van der Waals surface area contributed by atoms with Crippen molar-refractivity contribution in [2.45, 2.75) is 51.4 Å². The molecule has 33 heavy (non-hydrogen) atoms. The van der Waals surface area contributed by atoms with Crippen LogP contribution >= 0.6 is 0 Å². The molecule has 0 bridgehead atoms. The van der Waals surface area contributed by atoms with E-state index in [0.717, 1.165) is 16.8 Å². The Morgan fingerprint density at radius 2 is 2.03 bits per heavy atom. The maximum atomic E-state index is 10.1. The normalized spacial score (nSPS) is 20.8. The molecule has 0 amide bonds. The van der Waals surface area contributed by atoms with Gasteiger partial charge in [0.2, 0.25) is 0 Å². The number of hydrogen-bond acceptors (Lipinski definition) is 9. The van der Waals surface area contributed by atoms with E-state index in [-0.39, 0.29) is 12.6 Å². The lowest BCUT2D eigenvalue weighted by Gasteiger charge is -2.41. The third-order valence-electron chi connectivity index (χ3n) is 5.71. The molecule has 1 saturated carbocycles. The third-order valence-corrected chi connectivity index (χ3v) is 5.71. The maximum Gasteiger partial charge on any atom is 0.162 e. The first-order chi connectivity index (χ1) is 15.7. The highest BCUT2D eigenvalue weighted by molar-refractivity contribution is 5.70. The number of aromatic nitrogens is 3. The highest BCUT2D eigenvalue weighted by Crippen LogP contribution is 2.35. The molecule has 1 aliphatic carbocycles. The number of hydrogen-bond donors (Lipinski definition) is 4. The van der Waals surface area contributed by atoms with E-state index in [2.05, 4.69) is 15.8 Å². The van der Waals surface area contributed by atoms with Crippen LogP contribution in [0, 0.1) is 13.8 Å². The highest BCUT2D eigenvalue weighted by Gasteiger charge is 2.38. The van der Waals surface area contributed by atoms with E-state index in [4.69, 9.17) is 19.2 Å².